The molecule has 102 valence electrons. The summed E-state index contributed by atoms with van der Waals surface area (Å²) in [5.41, 5.74) is 1.23. The Morgan fingerprint density at radius 2 is 1.55 bits per heavy atom. The number of likely N-dealkylation sites (tertiary alicyclic amines) is 1. The summed E-state index contributed by atoms with van der Waals surface area (Å²) in [6.07, 6.45) is 0. The number of hydrogen-bond donors (Lipinski definition) is 0. The number of rotatable bonds is 3. The zero-order valence-electron chi connectivity index (χ0n) is 11.6. The first kappa shape index (κ1) is 13.4. The van der Waals surface area contributed by atoms with E-state index in [1.807, 2.05) is 48.3 Å². The molecule has 1 saturated heterocycles. The predicted octanol–water partition coefficient (Wildman–Crippen LogP) is 2.41. The van der Waals surface area contributed by atoms with E-state index in [0.29, 0.717) is 0 Å². The topological polar surface area (TPSA) is 20.3 Å². The van der Waals surface area contributed by atoms with E-state index < -0.39 is 0 Å². The fourth-order valence-electron chi connectivity index (χ4n) is 2.90. The minimum absolute atomic E-state index is 0.137. The van der Waals surface area contributed by atoms with Gasteiger partial charge in [0.1, 0.15) is 0 Å². The molecule has 0 N–H and O–H groups in total. The molecule has 2 aromatic rings. The van der Waals surface area contributed by atoms with E-state index in [4.69, 9.17) is 0 Å². The maximum absolute atomic E-state index is 12.4. The van der Waals surface area contributed by atoms with Crippen LogP contribution in [0.3, 0.4) is 0 Å². The summed E-state index contributed by atoms with van der Waals surface area (Å²) in [5, 5.41) is 0. The molecule has 1 amide bonds. The third-order valence-corrected chi connectivity index (χ3v) is 6.63. The van der Waals surface area contributed by atoms with Crippen molar-refractivity contribution in [3.05, 3.63) is 66.2 Å². The van der Waals surface area contributed by atoms with Crippen LogP contribution in [0.2, 0.25) is 4.31 Å². The molecule has 0 aromatic heterocycles. The van der Waals surface area contributed by atoms with Crippen molar-refractivity contribution in [2.45, 2.75) is 17.3 Å². The molecule has 0 unspecified atom stereocenters. The predicted molar refractivity (Wildman–Crippen MR) is 82.2 cm³/mol. The van der Waals surface area contributed by atoms with E-state index in [0.717, 1.165) is 0 Å². The van der Waals surface area contributed by atoms with Gasteiger partial charge in [0.05, 0.1) is 0 Å². The molecule has 0 bridgehead atoms. The molecule has 1 heterocycles. The van der Waals surface area contributed by atoms with Crippen molar-refractivity contribution in [1.82, 2.24) is 4.90 Å². The van der Waals surface area contributed by atoms with Crippen LogP contribution in [0.1, 0.15) is 18.5 Å². The second-order valence-electron chi connectivity index (χ2n) is 5.25. The Kier molecular flexibility index (Phi) is 3.41. The molecule has 0 saturated carbocycles. The molecule has 3 rings (SSSR count). The summed E-state index contributed by atoms with van der Waals surface area (Å²) in [7, 11) is 1.91. The van der Waals surface area contributed by atoms with Crippen LogP contribution in [0.25, 0.3) is 0 Å². The van der Waals surface area contributed by atoms with Gasteiger partial charge >= 0.3 is 126 Å². The Hall–Kier alpha value is -1.57. The maximum atomic E-state index is 12.4. The molecule has 0 aliphatic carbocycles. The Balaban J connectivity index is 1.92. The molecule has 3 heteroatoms. The summed E-state index contributed by atoms with van der Waals surface area (Å²) < 4.78 is 1.01. The molecular weight excluding hydrogens is 313 g/mol. The first-order valence-corrected chi connectivity index (χ1v) is 8.40. The van der Waals surface area contributed by atoms with Crippen LogP contribution in [-0.2, 0) is 4.79 Å². The van der Waals surface area contributed by atoms with Crippen LogP contribution < -0.4 is 4.46 Å². The molecule has 1 aliphatic heterocycles. The van der Waals surface area contributed by atoms with Crippen molar-refractivity contribution in [2.24, 2.45) is 0 Å². The average molecular weight is 330 g/mol. The second-order valence-corrected chi connectivity index (χ2v) is 8.45. The summed E-state index contributed by atoms with van der Waals surface area (Å²) in [6.45, 7) is 2.11. The molecule has 2 aromatic carbocycles. The first-order chi connectivity index (χ1) is 9.63. The fraction of sp³-hybridized carbons (Fsp3) is 0.235. The number of amides is 1. The van der Waals surface area contributed by atoms with Gasteiger partial charge in [-0.25, -0.2) is 0 Å². The van der Waals surface area contributed by atoms with Crippen LogP contribution in [0.4, 0.5) is 0 Å². The van der Waals surface area contributed by atoms with Crippen LogP contribution in [0, 0.1) is 0 Å². The summed E-state index contributed by atoms with van der Waals surface area (Å²) >= 11 is 0.137. The summed E-state index contributed by atoms with van der Waals surface area (Å²) in [6, 6.07) is 20.9. The Labute approximate surface area is 126 Å². The Morgan fingerprint density at radius 1 is 1.00 bits per heavy atom. The van der Waals surface area contributed by atoms with Crippen molar-refractivity contribution in [3.63, 3.8) is 0 Å². The molecule has 1 fully saturated rings. The quantitative estimate of drug-likeness (QED) is 0.625. The van der Waals surface area contributed by atoms with Gasteiger partial charge in [-0.3, -0.25) is 0 Å². The van der Waals surface area contributed by atoms with Crippen molar-refractivity contribution in [2.75, 3.05) is 7.05 Å². The third kappa shape index (κ3) is 2.07. The zero-order valence-corrected chi connectivity index (χ0v) is 13.3. The van der Waals surface area contributed by atoms with E-state index in [-0.39, 0.29) is 31.2 Å². The molecule has 20 heavy (non-hydrogen) atoms. The van der Waals surface area contributed by atoms with Crippen molar-refractivity contribution < 1.29 is 4.79 Å². The molecule has 0 spiro atoms. The van der Waals surface area contributed by atoms with Crippen LogP contribution >= 0.6 is 0 Å². The van der Waals surface area contributed by atoms with E-state index in [9.17, 15) is 4.79 Å². The standard InChI is InChI=1S/C17H17NOSe/c1-17(20-14-11-7-4-8-12-14)15(18(2)16(17)19)13-9-5-3-6-10-13/h3-12,15H,1-2H3/t15-,17-/m0/s1. The normalized spacial score (nSPS) is 25.4. The molecule has 2 nitrogen and oxygen atoms in total. The number of hydrogen-bond acceptors (Lipinski definition) is 1. The average Bonchev–Trinajstić information content (AvgIpc) is 2.49. The first-order valence-electron chi connectivity index (χ1n) is 6.69. The van der Waals surface area contributed by atoms with E-state index >= 15 is 0 Å². The van der Waals surface area contributed by atoms with Gasteiger partial charge in [-0.15, -0.1) is 0 Å². The van der Waals surface area contributed by atoms with Crippen molar-refractivity contribution in [1.29, 1.82) is 0 Å². The van der Waals surface area contributed by atoms with Crippen LogP contribution in [0.15, 0.2) is 60.7 Å². The summed E-state index contributed by atoms with van der Waals surface area (Å²) in [4.78, 5) is 14.3. The Morgan fingerprint density at radius 3 is 2.15 bits per heavy atom. The van der Waals surface area contributed by atoms with Gasteiger partial charge in [0, 0.05) is 0 Å². The van der Waals surface area contributed by atoms with Gasteiger partial charge in [-0.2, -0.15) is 0 Å². The van der Waals surface area contributed by atoms with E-state index in [1.165, 1.54) is 10.0 Å². The van der Waals surface area contributed by atoms with Gasteiger partial charge in [0.15, 0.2) is 0 Å². The van der Waals surface area contributed by atoms with Gasteiger partial charge in [-0.1, -0.05) is 0 Å². The van der Waals surface area contributed by atoms with Gasteiger partial charge in [0.2, 0.25) is 0 Å². The summed E-state index contributed by atoms with van der Waals surface area (Å²) in [5.74, 6) is 0.259. The number of nitrogens with zero attached hydrogens (tertiary/aromatic N) is 1. The van der Waals surface area contributed by atoms with Crippen LogP contribution in [0.5, 0.6) is 0 Å². The third-order valence-electron chi connectivity index (χ3n) is 3.84. The number of β-lactam (4-membered cyclic amide) rings is 1. The van der Waals surface area contributed by atoms with Gasteiger partial charge in [-0.05, 0) is 0 Å². The van der Waals surface area contributed by atoms with Crippen molar-refractivity contribution in [3.8, 4) is 0 Å². The molecule has 2 atom stereocenters. The van der Waals surface area contributed by atoms with E-state index in [2.05, 4.69) is 31.2 Å². The number of carbonyl (C=O) groups excluding carboxylic acids is 1. The second kappa shape index (κ2) is 5.08. The molecule has 0 radical (unpaired) electrons. The number of benzene rings is 2. The zero-order chi connectivity index (χ0) is 14.2. The molecular formula is C17H17NOSe. The van der Waals surface area contributed by atoms with E-state index in [1.54, 1.807) is 0 Å². The fourth-order valence-corrected chi connectivity index (χ4v) is 5.88. The SMILES string of the molecule is CN1C(=O)[C@@](C)([Se]c2ccccc2)[C@@H]1c1ccccc1. The molecule has 1 aliphatic rings. The van der Waals surface area contributed by atoms with Crippen molar-refractivity contribution >= 4 is 25.3 Å². The monoisotopic (exact) mass is 331 g/mol. The minimum atomic E-state index is -0.273. The van der Waals surface area contributed by atoms with Crippen LogP contribution in [-0.4, -0.2) is 32.8 Å². The van der Waals surface area contributed by atoms with Gasteiger partial charge < -0.3 is 0 Å². The Bertz CT molecular complexity index is 613. The van der Waals surface area contributed by atoms with Gasteiger partial charge in [0.25, 0.3) is 0 Å². The number of carbonyl (C=O) groups is 1.